The van der Waals surface area contributed by atoms with Crippen molar-refractivity contribution >= 4 is 11.8 Å². The van der Waals surface area contributed by atoms with Crippen LogP contribution in [0.25, 0.3) is 0 Å². The van der Waals surface area contributed by atoms with Crippen molar-refractivity contribution in [2.75, 3.05) is 19.6 Å². The number of carbonyl (C=O) groups excluding carboxylic acids is 2. The van der Waals surface area contributed by atoms with Gasteiger partial charge in [0.15, 0.2) is 0 Å². The molecule has 0 aromatic heterocycles. The van der Waals surface area contributed by atoms with E-state index in [9.17, 15) is 19.8 Å². The molecule has 0 spiro atoms. The number of hydrogen-bond acceptors (Lipinski definition) is 4. The Morgan fingerprint density at radius 1 is 1.05 bits per heavy atom. The SMILES string of the molecule is O=C(NCC(=O)N1CCCCC1)c1cc(O)cc(O)c1. The third-order valence-corrected chi connectivity index (χ3v) is 3.27. The molecule has 0 radical (unpaired) electrons. The molecule has 1 fully saturated rings. The van der Waals surface area contributed by atoms with Crippen LogP contribution >= 0.6 is 0 Å². The molecule has 1 aromatic rings. The van der Waals surface area contributed by atoms with Crippen LogP contribution in [0.5, 0.6) is 11.5 Å². The van der Waals surface area contributed by atoms with Gasteiger partial charge in [-0.3, -0.25) is 9.59 Å². The van der Waals surface area contributed by atoms with Gasteiger partial charge in [0.05, 0.1) is 6.54 Å². The van der Waals surface area contributed by atoms with Crippen LogP contribution in [0.15, 0.2) is 18.2 Å². The highest BCUT2D eigenvalue weighted by Crippen LogP contribution is 2.20. The predicted molar refractivity (Wildman–Crippen MR) is 72.5 cm³/mol. The number of phenols is 2. The van der Waals surface area contributed by atoms with Crippen molar-refractivity contribution < 1.29 is 19.8 Å². The van der Waals surface area contributed by atoms with Crippen molar-refractivity contribution in [3.05, 3.63) is 23.8 Å². The number of benzene rings is 1. The fourth-order valence-electron chi connectivity index (χ4n) is 2.24. The molecule has 6 heteroatoms. The van der Waals surface area contributed by atoms with Crippen molar-refractivity contribution in [2.24, 2.45) is 0 Å². The molecule has 6 nitrogen and oxygen atoms in total. The fourth-order valence-corrected chi connectivity index (χ4v) is 2.24. The number of likely N-dealkylation sites (tertiary alicyclic amines) is 1. The molecule has 2 amide bonds. The summed E-state index contributed by atoms with van der Waals surface area (Å²) in [5.41, 5.74) is 0.119. The minimum absolute atomic E-state index is 0.0742. The Bertz CT molecular complexity index is 490. The Morgan fingerprint density at radius 3 is 2.25 bits per heavy atom. The molecule has 1 saturated heterocycles. The van der Waals surface area contributed by atoms with E-state index in [1.165, 1.54) is 12.1 Å². The fraction of sp³-hybridized carbons (Fsp3) is 0.429. The molecule has 0 atom stereocenters. The topological polar surface area (TPSA) is 89.9 Å². The van der Waals surface area contributed by atoms with E-state index < -0.39 is 5.91 Å². The zero-order valence-corrected chi connectivity index (χ0v) is 11.1. The van der Waals surface area contributed by atoms with Gasteiger partial charge in [-0.1, -0.05) is 0 Å². The van der Waals surface area contributed by atoms with Gasteiger partial charge in [0, 0.05) is 24.7 Å². The summed E-state index contributed by atoms with van der Waals surface area (Å²) in [6.45, 7) is 1.40. The number of hydrogen-bond donors (Lipinski definition) is 3. The van der Waals surface area contributed by atoms with E-state index in [1.807, 2.05) is 0 Å². The van der Waals surface area contributed by atoms with Gasteiger partial charge in [-0.25, -0.2) is 0 Å². The first-order valence-electron chi connectivity index (χ1n) is 6.65. The van der Waals surface area contributed by atoms with Gasteiger partial charge in [0.1, 0.15) is 11.5 Å². The van der Waals surface area contributed by atoms with E-state index in [1.54, 1.807) is 4.90 Å². The number of nitrogens with zero attached hydrogens (tertiary/aromatic N) is 1. The van der Waals surface area contributed by atoms with Crippen LogP contribution < -0.4 is 5.32 Å². The van der Waals surface area contributed by atoms with Crippen LogP contribution in [0.1, 0.15) is 29.6 Å². The Kier molecular flexibility index (Phi) is 4.45. The summed E-state index contributed by atoms with van der Waals surface area (Å²) < 4.78 is 0. The van der Waals surface area contributed by atoms with Crippen LogP contribution in [0.4, 0.5) is 0 Å². The Hall–Kier alpha value is -2.24. The smallest absolute Gasteiger partial charge is 0.251 e. The lowest BCUT2D eigenvalue weighted by atomic mass is 10.1. The molecular weight excluding hydrogens is 260 g/mol. The lowest BCUT2D eigenvalue weighted by Crippen LogP contribution is -2.42. The van der Waals surface area contributed by atoms with Gasteiger partial charge in [-0.2, -0.15) is 0 Å². The first kappa shape index (κ1) is 14.2. The lowest BCUT2D eigenvalue weighted by Gasteiger charge is -2.26. The second-order valence-electron chi connectivity index (χ2n) is 4.86. The second kappa shape index (κ2) is 6.27. The molecule has 0 bridgehead atoms. The van der Waals surface area contributed by atoms with Gasteiger partial charge >= 0.3 is 0 Å². The van der Waals surface area contributed by atoms with Crippen LogP contribution in [-0.4, -0.2) is 46.6 Å². The summed E-state index contributed by atoms with van der Waals surface area (Å²) in [5, 5.41) is 21.1. The van der Waals surface area contributed by atoms with Crippen LogP contribution in [0.3, 0.4) is 0 Å². The second-order valence-corrected chi connectivity index (χ2v) is 4.86. The first-order valence-corrected chi connectivity index (χ1v) is 6.65. The molecular formula is C14H18N2O4. The van der Waals surface area contributed by atoms with E-state index in [-0.39, 0.29) is 29.5 Å². The molecule has 3 N–H and O–H groups in total. The third-order valence-electron chi connectivity index (χ3n) is 3.27. The molecule has 0 unspecified atom stereocenters. The van der Waals surface area contributed by atoms with Crippen molar-refractivity contribution in [3.63, 3.8) is 0 Å². The van der Waals surface area contributed by atoms with Gasteiger partial charge in [-0.05, 0) is 31.4 Å². The highest BCUT2D eigenvalue weighted by Gasteiger charge is 2.17. The minimum Gasteiger partial charge on any atom is -0.508 e. The van der Waals surface area contributed by atoms with Gasteiger partial charge in [0.25, 0.3) is 5.91 Å². The van der Waals surface area contributed by atoms with Crippen LogP contribution in [0, 0.1) is 0 Å². The van der Waals surface area contributed by atoms with E-state index in [4.69, 9.17) is 0 Å². The van der Waals surface area contributed by atoms with Crippen LogP contribution in [-0.2, 0) is 4.79 Å². The number of nitrogens with one attached hydrogen (secondary N) is 1. The van der Waals surface area contributed by atoms with Crippen molar-refractivity contribution in [2.45, 2.75) is 19.3 Å². The van der Waals surface area contributed by atoms with Gasteiger partial charge < -0.3 is 20.4 Å². The number of piperidine rings is 1. The lowest BCUT2D eigenvalue weighted by molar-refractivity contribution is -0.130. The summed E-state index contributed by atoms with van der Waals surface area (Å²) >= 11 is 0. The van der Waals surface area contributed by atoms with Crippen LogP contribution in [0.2, 0.25) is 0 Å². The quantitative estimate of drug-likeness (QED) is 0.764. The summed E-state index contributed by atoms with van der Waals surface area (Å²) in [6, 6.07) is 3.61. The third kappa shape index (κ3) is 3.63. The summed E-state index contributed by atoms with van der Waals surface area (Å²) in [6.07, 6.45) is 3.14. The molecule has 2 rings (SSSR count). The van der Waals surface area contributed by atoms with E-state index >= 15 is 0 Å². The predicted octanol–water partition coefficient (Wildman–Crippen LogP) is 0.840. The van der Waals surface area contributed by atoms with E-state index in [2.05, 4.69) is 5.32 Å². The largest absolute Gasteiger partial charge is 0.508 e. The standard InChI is InChI=1S/C14H18N2O4/c17-11-6-10(7-12(18)8-11)14(20)15-9-13(19)16-4-2-1-3-5-16/h6-8,17-18H,1-5,9H2,(H,15,20). The van der Waals surface area contributed by atoms with Crippen molar-refractivity contribution in [1.82, 2.24) is 10.2 Å². The molecule has 20 heavy (non-hydrogen) atoms. The molecule has 1 aliphatic heterocycles. The minimum atomic E-state index is -0.499. The summed E-state index contributed by atoms with van der Waals surface area (Å²) in [4.78, 5) is 25.5. The van der Waals surface area contributed by atoms with Gasteiger partial charge in [0.2, 0.25) is 5.91 Å². The Balaban J connectivity index is 1.89. The Morgan fingerprint density at radius 2 is 1.65 bits per heavy atom. The van der Waals surface area contributed by atoms with E-state index in [0.29, 0.717) is 0 Å². The van der Waals surface area contributed by atoms with Crippen molar-refractivity contribution in [3.8, 4) is 11.5 Å². The molecule has 1 heterocycles. The number of aromatic hydroxyl groups is 2. The maximum atomic E-state index is 11.9. The number of amides is 2. The molecule has 0 aliphatic carbocycles. The van der Waals surface area contributed by atoms with Crippen molar-refractivity contribution in [1.29, 1.82) is 0 Å². The zero-order chi connectivity index (χ0) is 14.5. The monoisotopic (exact) mass is 278 g/mol. The molecule has 0 saturated carbocycles. The zero-order valence-electron chi connectivity index (χ0n) is 11.1. The summed E-state index contributed by atoms with van der Waals surface area (Å²) in [5.74, 6) is -1.00. The average molecular weight is 278 g/mol. The highest BCUT2D eigenvalue weighted by molar-refractivity contribution is 5.97. The molecule has 1 aliphatic rings. The summed E-state index contributed by atoms with van der Waals surface area (Å²) in [7, 11) is 0. The maximum Gasteiger partial charge on any atom is 0.251 e. The number of carbonyl (C=O) groups is 2. The molecule has 1 aromatic carbocycles. The first-order chi connectivity index (χ1) is 9.56. The van der Waals surface area contributed by atoms with Gasteiger partial charge in [-0.15, -0.1) is 0 Å². The normalized spacial score (nSPS) is 14.9. The maximum absolute atomic E-state index is 11.9. The average Bonchev–Trinajstić information content (AvgIpc) is 2.44. The van der Waals surface area contributed by atoms with E-state index in [0.717, 1.165) is 38.4 Å². The molecule has 108 valence electrons. The highest BCUT2D eigenvalue weighted by atomic mass is 16.3. The Labute approximate surface area is 117 Å². The number of rotatable bonds is 3. The number of phenolic OH excluding ortho intramolecular Hbond substituents is 2.